The van der Waals surface area contributed by atoms with Gasteiger partial charge in [0.25, 0.3) is 0 Å². The predicted octanol–water partition coefficient (Wildman–Crippen LogP) is -3.75. The first-order valence-electron chi connectivity index (χ1n) is 2.51. The Kier molecular flexibility index (Phi) is 25.2. The van der Waals surface area contributed by atoms with Crippen LogP contribution in [0.4, 0.5) is 0 Å². The van der Waals surface area contributed by atoms with E-state index in [1.165, 1.54) is 0 Å². The van der Waals surface area contributed by atoms with E-state index in [0.29, 0.717) is 0 Å². The van der Waals surface area contributed by atoms with Gasteiger partial charge in [0.05, 0.1) is 0 Å². The molecule has 0 unspecified atom stereocenters. The molecule has 0 aromatic heterocycles. The molecule has 9 nitrogen and oxygen atoms in total. The molecule has 0 atom stereocenters. The summed E-state index contributed by atoms with van der Waals surface area (Å²) in [5.74, 6) is -2.17. The topological polar surface area (TPSA) is 188 Å². The van der Waals surface area contributed by atoms with E-state index in [1.54, 1.807) is 0 Å². The Labute approximate surface area is 90.2 Å². The number of carboxylic acid groups (broad SMARTS) is 2. The molecule has 0 rings (SSSR count). The van der Waals surface area contributed by atoms with Crippen molar-refractivity contribution < 1.29 is 42.3 Å². The molecule has 1 radical (unpaired) electrons. The molecule has 14 heavy (non-hydrogen) atoms. The monoisotopic (exact) mass is 325 g/mol. The molecule has 0 spiro atoms. The van der Waals surface area contributed by atoms with Crippen molar-refractivity contribution in [3.05, 3.63) is 0 Å². The van der Waals surface area contributed by atoms with Gasteiger partial charge in [0, 0.05) is 0 Å². The van der Waals surface area contributed by atoms with Crippen LogP contribution in [0.3, 0.4) is 0 Å². The van der Waals surface area contributed by atoms with E-state index in [1.807, 2.05) is 0 Å². The van der Waals surface area contributed by atoms with Gasteiger partial charge in [0.2, 0.25) is 0 Å². The quantitative estimate of drug-likeness (QED) is 0.372. The van der Waals surface area contributed by atoms with Crippen LogP contribution < -0.4 is 0 Å². The number of hydrogen-bond donors (Lipinski definition) is 2. The fourth-order valence-corrected chi connectivity index (χ4v) is 1.34. The Balaban J connectivity index is -0.000000167. The second-order valence-electron chi connectivity index (χ2n) is 1.41. The van der Waals surface area contributed by atoms with E-state index < -0.39 is 47.6 Å². The summed E-state index contributed by atoms with van der Waals surface area (Å²) >= 11 is -1.53. The molecule has 0 saturated heterocycles. The summed E-state index contributed by atoms with van der Waals surface area (Å²) in [6, 6.07) is 0. The molecule has 10 heteroatoms. The average Bonchev–Trinajstić information content (AvgIpc) is 1.85. The van der Waals surface area contributed by atoms with Crippen molar-refractivity contribution >= 4 is 34.4 Å². The van der Waals surface area contributed by atoms with Gasteiger partial charge in [-0.3, -0.25) is 0 Å². The van der Waals surface area contributed by atoms with Crippen LogP contribution in [0.5, 0.6) is 0 Å². The summed E-state index contributed by atoms with van der Waals surface area (Å²) in [6.07, 6.45) is 0. The molecular formula is C4H12O9Sb. The standard InChI is InChI=1S/2C2H3O3.3H2O.Sb/c2*3-1-2(4)5;;;;/h2*1H2,(H,4,5);3*1H2;/q2*-1;;;;+2. The van der Waals surface area contributed by atoms with Crippen LogP contribution in [0, 0.1) is 0 Å². The molecule has 0 aromatic carbocycles. The van der Waals surface area contributed by atoms with Crippen LogP contribution in [0.2, 0.25) is 0 Å². The molecule has 0 fully saturated rings. The van der Waals surface area contributed by atoms with Gasteiger partial charge in [-0.25, -0.2) is 0 Å². The molecule has 0 aliphatic rings. The van der Waals surface area contributed by atoms with E-state index in [2.05, 4.69) is 6.03 Å². The molecule has 87 valence electrons. The van der Waals surface area contributed by atoms with Gasteiger partial charge in [0.15, 0.2) is 0 Å². The SMILES string of the molecule is O.O.O.O=C(O)C[O][Sb][O]CC(=O)O. The molecule has 0 bridgehead atoms. The zero-order valence-corrected chi connectivity index (χ0v) is 9.44. The Morgan fingerprint density at radius 2 is 1.21 bits per heavy atom. The number of hydrogen-bond acceptors (Lipinski definition) is 4. The summed E-state index contributed by atoms with van der Waals surface area (Å²) in [5.41, 5.74) is 0. The Morgan fingerprint density at radius 1 is 0.929 bits per heavy atom. The van der Waals surface area contributed by atoms with Crippen LogP contribution >= 0.6 is 0 Å². The summed E-state index contributed by atoms with van der Waals surface area (Å²) < 4.78 is 9.02. The molecule has 0 aliphatic heterocycles. The van der Waals surface area contributed by atoms with Crippen molar-refractivity contribution in [2.45, 2.75) is 0 Å². The second kappa shape index (κ2) is 15.0. The zero-order chi connectivity index (χ0) is 8.69. The van der Waals surface area contributed by atoms with Gasteiger partial charge < -0.3 is 16.4 Å². The average molecular weight is 326 g/mol. The molecule has 8 N–H and O–H groups in total. The number of carbonyl (C=O) groups is 2. The molecule has 0 saturated carbocycles. The Morgan fingerprint density at radius 3 is 1.43 bits per heavy atom. The van der Waals surface area contributed by atoms with E-state index in [-0.39, 0.29) is 16.4 Å². The van der Waals surface area contributed by atoms with Gasteiger partial charge in [-0.05, 0) is 0 Å². The van der Waals surface area contributed by atoms with Crippen molar-refractivity contribution in [1.29, 1.82) is 0 Å². The molecule has 0 amide bonds. The summed E-state index contributed by atoms with van der Waals surface area (Å²) in [7, 11) is 0. The van der Waals surface area contributed by atoms with Crippen LogP contribution in [0.15, 0.2) is 0 Å². The molecule has 0 heterocycles. The fourth-order valence-electron chi connectivity index (χ4n) is 0.200. The van der Waals surface area contributed by atoms with E-state index in [4.69, 9.17) is 10.2 Å². The van der Waals surface area contributed by atoms with Crippen molar-refractivity contribution in [3.63, 3.8) is 0 Å². The summed E-state index contributed by atoms with van der Waals surface area (Å²) in [5, 5.41) is 16.1. The normalized spacial score (nSPS) is 7.43. The van der Waals surface area contributed by atoms with Crippen molar-refractivity contribution in [1.82, 2.24) is 0 Å². The summed E-state index contributed by atoms with van der Waals surface area (Å²) in [6.45, 7) is -0.840. The third-order valence-electron chi connectivity index (χ3n) is 0.481. The van der Waals surface area contributed by atoms with Crippen molar-refractivity contribution in [3.8, 4) is 0 Å². The minimum absolute atomic E-state index is 0. The maximum atomic E-state index is 9.82. The first-order chi connectivity index (χ1) is 5.13. The van der Waals surface area contributed by atoms with Crippen molar-refractivity contribution in [2.24, 2.45) is 0 Å². The predicted molar refractivity (Wildman–Crippen MR) is 43.8 cm³/mol. The molecular weight excluding hydrogens is 314 g/mol. The van der Waals surface area contributed by atoms with Crippen molar-refractivity contribution in [2.75, 3.05) is 13.2 Å². The van der Waals surface area contributed by atoms with Crippen LogP contribution in [-0.4, -0.2) is 74.3 Å². The van der Waals surface area contributed by atoms with Crippen LogP contribution in [0.1, 0.15) is 0 Å². The summed E-state index contributed by atoms with van der Waals surface area (Å²) in [4.78, 5) is 19.6. The van der Waals surface area contributed by atoms with Gasteiger partial charge in [-0.1, -0.05) is 0 Å². The minimum atomic E-state index is -1.53. The third-order valence-corrected chi connectivity index (χ3v) is 1.82. The van der Waals surface area contributed by atoms with Gasteiger partial charge in [-0.15, -0.1) is 0 Å². The second-order valence-corrected chi connectivity index (χ2v) is 3.31. The molecule has 0 aliphatic carbocycles. The molecule has 0 aromatic rings. The first kappa shape index (κ1) is 23.4. The van der Waals surface area contributed by atoms with Gasteiger partial charge in [0.1, 0.15) is 0 Å². The van der Waals surface area contributed by atoms with Gasteiger partial charge in [-0.2, -0.15) is 0 Å². The zero-order valence-electron chi connectivity index (χ0n) is 6.89. The number of aliphatic carboxylic acids is 2. The van der Waals surface area contributed by atoms with E-state index in [0.717, 1.165) is 0 Å². The maximum absolute atomic E-state index is 9.82. The number of rotatable bonds is 6. The number of carboxylic acids is 2. The van der Waals surface area contributed by atoms with Crippen LogP contribution in [0.25, 0.3) is 0 Å². The van der Waals surface area contributed by atoms with Gasteiger partial charge >= 0.3 is 73.4 Å². The Bertz CT molecular complexity index is 132. The third kappa shape index (κ3) is 22.6. The van der Waals surface area contributed by atoms with E-state index >= 15 is 0 Å². The van der Waals surface area contributed by atoms with E-state index in [9.17, 15) is 9.59 Å². The Hall–Kier alpha value is -0.442. The fraction of sp³-hybridized carbons (Fsp3) is 0.500. The van der Waals surface area contributed by atoms with Crippen LogP contribution in [-0.2, 0) is 15.6 Å². The first-order valence-corrected chi connectivity index (χ1v) is 4.59.